The highest BCUT2D eigenvalue weighted by Crippen LogP contribution is 2.23. The van der Waals surface area contributed by atoms with E-state index in [0.717, 1.165) is 17.8 Å². The van der Waals surface area contributed by atoms with Crippen LogP contribution in [-0.4, -0.2) is 31.5 Å². The number of rotatable bonds is 7. The molecule has 112 valence electrons. The number of hydrogen-bond donors (Lipinski definition) is 2. The van der Waals surface area contributed by atoms with Crippen molar-refractivity contribution in [3.63, 3.8) is 0 Å². The van der Waals surface area contributed by atoms with Crippen LogP contribution in [0.3, 0.4) is 0 Å². The summed E-state index contributed by atoms with van der Waals surface area (Å²) < 4.78 is 0. The van der Waals surface area contributed by atoms with Crippen LogP contribution in [0.4, 0.5) is 11.4 Å². The number of amides is 1. The number of anilines is 2. The van der Waals surface area contributed by atoms with E-state index >= 15 is 0 Å². The lowest BCUT2D eigenvalue weighted by Gasteiger charge is -2.19. The maximum absolute atomic E-state index is 12.1. The first-order chi connectivity index (χ1) is 9.43. The van der Waals surface area contributed by atoms with Crippen molar-refractivity contribution in [2.24, 2.45) is 17.6 Å². The summed E-state index contributed by atoms with van der Waals surface area (Å²) in [5.41, 5.74) is 7.42. The second-order valence-electron chi connectivity index (χ2n) is 5.77. The standard InChI is InChI=1S/C15H26N4O/c1-11(2)7-12(9-16)8-15(20)18-13-10-17-6-5-14(13)19(3)4/h5-6,10-12H,7-9,16H2,1-4H3,(H,18,20)/t12-/m0/s1. The molecule has 3 N–H and O–H groups in total. The third kappa shape index (κ3) is 5.17. The van der Waals surface area contributed by atoms with Crippen molar-refractivity contribution in [2.45, 2.75) is 26.7 Å². The summed E-state index contributed by atoms with van der Waals surface area (Å²) in [6.45, 7) is 4.83. The SMILES string of the molecule is CC(C)C[C@H](CN)CC(=O)Nc1cnccc1N(C)C. The Hall–Kier alpha value is -1.62. The van der Waals surface area contributed by atoms with Crippen molar-refractivity contribution in [3.05, 3.63) is 18.5 Å². The summed E-state index contributed by atoms with van der Waals surface area (Å²) in [7, 11) is 3.87. The van der Waals surface area contributed by atoms with Crippen LogP contribution in [0.5, 0.6) is 0 Å². The molecule has 0 aliphatic heterocycles. The van der Waals surface area contributed by atoms with Crippen molar-refractivity contribution in [1.82, 2.24) is 4.98 Å². The fraction of sp³-hybridized carbons (Fsp3) is 0.600. The minimum Gasteiger partial charge on any atom is -0.376 e. The van der Waals surface area contributed by atoms with Crippen LogP contribution < -0.4 is 16.0 Å². The van der Waals surface area contributed by atoms with Gasteiger partial charge in [-0.1, -0.05) is 13.8 Å². The molecule has 5 heteroatoms. The molecule has 1 aromatic rings. The summed E-state index contributed by atoms with van der Waals surface area (Å²) >= 11 is 0. The Morgan fingerprint density at radius 2 is 2.15 bits per heavy atom. The predicted molar refractivity (Wildman–Crippen MR) is 83.8 cm³/mol. The highest BCUT2D eigenvalue weighted by Gasteiger charge is 2.15. The molecule has 0 fully saturated rings. The number of carbonyl (C=O) groups is 1. The van der Waals surface area contributed by atoms with Crippen molar-refractivity contribution in [1.29, 1.82) is 0 Å². The van der Waals surface area contributed by atoms with Crippen LogP contribution in [0.2, 0.25) is 0 Å². The van der Waals surface area contributed by atoms with Gasteiger partial charge in [0, 0.05) is 26.7 Å². The summed E-state index contributed by atoms with van der Waals surface area (Å²) in [5, 5.41) is 2.93. The summed E-state index contributed by atoms with van der Waals surface area (Å²) in [4.78, 5) is 18.1. The van der Waals surface area contributed by atoms with Gasteiger partial charge in [-0.05, 0) is 30.9 Å². The number of nitrogens with one attached hydrogen (secondary N) is 1. The van der Waals surface area contributed by atoms with Crippen LogP contribution >= 0.6 is 0 Å². The van der Waals surface area contributed by atoms with Gasteiger partial charge in [-0.3, -0.25) is 9.78 Å². The number of nitrogens with zero attached hydrogens (tertiary/aromatic N) is 2. The normalized spacial score (nSPS) is 12.3. The fourth-order valence-electron chi connectivity index (χ4n) is 2.27. The molecule has 1 atom stereocenters. The van der Waals surface area contributed by atoms with E-state index < -0.39 is 0 Å². The van der Waals surface area contributed by atoms with Crippen LogP contribution in [0.1, 0.15) is 26.7 Å². The first-order valence-corrected chi connectivity index (χ1v) is 7.05. The van der Waals surface area contributed by atoms with Crippen LogP contribution in [-0.2, 0) is 4.79 Å². The first kappa shape index (κ1) is 16.4. The second-order valence-corrected chi connectivity index (χ2v) is 5.77. The maximum Gasteiger partial charge on any atom is 0.224 e. The van der Waals surface area contributed by atoms with Gasteiger partial charge >= 0.3 is 0 Å². The van der Waals surface area contributed by atoms with Crippen molar-refractivity contribution in [2.75, 3.05) is 30.9 Å². The monoisotopic (exact) mass is 278 g/mol. The molecular formula is C15H26N4O. The summed E-state index contributed by atoms with van der Waals surface area (Å²) in [6, 6.07) is 1.88. The zero-order valence-electron chi connectivity index (χ0n) is 12.9. The Morgan fingerprint density at radius 1 is 1.45 bits per heavy atom. The first-order valence-electron chi connectivity index (χ1n) is 7.05. The van der Waals surface area contributed by atoms with Gasteiger partial charge in [0.1, 0.15) is 0 Å². The number of hydrogen-bond acceptors (Lipinski definition) is 4. The Balaban J connectivity index is 2.66. The minimum absolute atomic E-state index is 0.00259. The largest absolute Gasteiger partial charge is 0.376 e. The van der Waals surface area contributed by atoms with E-state index in [2.05, 4.69) is 24.1 Å². The Kier molecular flexibility index (Phi) is 6.45. The molecular weight excluding hydrogens is 252 g/mol. The second kappa shape index (κ2) is 7.85. The number of carbonyl (C=O) groups excluding carboxylic acids is 1. The van der Waals surface area contributed by atoms with Gasteiger partial charge in [0.2, 0.25) is 5.91 Å². The van der Waals surface area contributed by atoms with Gasteiger partial charge < -0.3 is 16.0 Å². The Bertz CT molecular complexity index is 432. The van der Waals surface area contributed by atoms with Gasteiger partial charge in [-0.15, -0.1) is 0 Å². The molecule has 0 aromatic carbocycles. The van der Waals surface area contributed by atoms with E-state index in [1.807, 2.05) is 25.1 Å². The molecule has 0 saturated carbocycles. The molecule has 0 aliphatic rings. The van der Waals surface area contributed by atoms with E-state index in [1.165, 1.54) is 0 Å². The Labute approximate surface area is 121 Å². The average molecular weight is 278 g/mol. The molecule has 20 heavy (non-hydrogen) atoms. The lowest BCUT2D eigenvalue weighted by atomic mass is 9.94. The lowest BCUT2D eigenvalue weighted by molar-refractivity contribution is -0.117. The predicted octanol–water partition coefficient (Wildman–Crippen LogP) is 2.10. The Morgan fingerprint density at radius 3 is 2.70 bits per heavy atom. The molecule has 5 nitrogen and oxygen atoms in total. The van der Waals surface area contributed by atoms with Crippen LogP contribution in [0.15, 0.2) is 18.5 Å². The lowest BCUT2D eigenvalue weighted by Crippen LogP contribution is -2.24. The molecule has 1 aromatic heterocycles. The minimum atomic E-state index is -0.00259. The van der Waals surface area contributed by atoms with Gasteiger partial charge in [-0.25, -0.2) is 0 Å². The van der Waals surface area contributed by atoms with Crippen LogP contribution in [0, 0.1) is 11.8 Å². The molecule has 0 spiro atoms. The quantitative estimate of drug-likeness (QED) is 0.801. The molecule has 0 aliphatic carbocycles. The van der Waals surface area contributed by atoms with Gasteiger partial charge in [0.25, 0.3) is 0 Å². The topological polar surface area (TPSA) is 71.2 Å². The van der Waals surface area contributed by atoms with Gasteiger partial charge in [0.05, 0.1) is 17.6 Å². The van der Waals surface area contributed by atoms with Gasteiger partial charge in [-0.2, -0.15) is 0 Å². The third-order valence-electron chi connectivity index (χ3n) is 3.17. The maximum atomic E-state index is 12.1. The average Bonchev–Trinajstić information content (AvgIpc) is 2.37. The van der Waals surface area contributed by atoms with E-state index in [9.17, 15) is 4.79 Å². The third-order valence-corrected chi connectivity index (χ3v) is 3.17. The number of pyridine rings is 1. The molecule has 0 unspecified atom stereocenters. The van der Waals surface area contributed by atoms with Crippen molar-refractivity contribution < 1.29 is 4.79 Å². The zero-order chi connectivity index (χ0) is 15.1. The summed E-state index contributed by atoms with van der Waals surface area (Å²) in [6.07, 6.45) is 4.81. The highest BCUT2D eigenvalue weighted by molar-refractivity contribution is 5.94. The molecule has 0 saturated heterocycles. The van der Waals surface area contributed by atoms with Crippen LogP contribution in [0.25, 0.3) is 0 Å². The van der Waals surface area contributed by atoms with Gasteiger partial charge in [0.15, 0.2) is 0 Å². The molecule has 1 amide bonds. The van der Waals surface area contributed by atoms with Crippen molar-refractivity contribution in [3.8, 4) is 0 Å². The zero-order valence-corrected chi connectivity index (χ0v) is 12.9. The fourth-order valence-corrected chi connectivity index (χ4v) is 2.27. The van der Waals surface area contributed by atoms with E-state index in [-0.39, 0.29) is 11.8 Å². The molecule has 0 radical (unpaired) electrons. The van der Waals surface area contributed by atoms with Crippen molar-refractivity contribution >= 4 is 17.3 Å². The molecule has 0 bridgehead atoms. The molecule has 1 rings (SSSR count). The molecule has 1 heterocycles. The highest BCUT2D eigenvalue weighted by atomic mass is 16.1. The van der Waals surface area contributed by atoms with E-state index in [4.69, 9.17) is 5.73 Å². The number of aromatic nitrogens is 1. The number of nitrogens with two attached hydrogens (primary N) is 1. The smallest absolute Gasteiger partial charge is 0.224 e. The van der Waals surface area contributed by atoms with E-state index in [0.29, 0.717) is 18.9 Å². The van der Waals surface area contributed by atoms with E-state index in [1.54, 1.807) is 12.4 Å². The summed E-state index contributed by atoms with van der Waals surface area (Å²) in [5.74, 6) is 0.777.